The molecule has 0 aliphatic heterocycles. The summed E-state index contributed by atoms with van der Waals surface area (Å²) in [5.74, 6) is 0.692. The Balaban J connectivity index is 2.59. The highest BCUT2D eigenvalue weighted by Crippen LogP contribution is 1.98. The van der Waals surface area contributed by atoms with Gasteiger partial charge in [-0.05, 0) is 19.0 Å². The molecule has 2 N–H and O–H groups in total. The third-order valence-corrected chi connectivity index (χ3v) is 1.02. The van der Waals surface area contributed by atoms with E-state index in [0.717, 1.165) is 0 Å². The summed E-state index contributed by atoms with van der Waals surface area (Å²) in [4.78, 5) is 3.95. The average Bonchev–Trinajstić information content (AvgIpc) is 1.88. The van der Waals surface area contributed by atoms with Crippen molar-refractivity contribution in [3.05, 3.63) is 24.4 Å². The summed E-state index contributed by atoms with van der Waals surface area (Å²) in [7, 11) is -0.546. The average molecular weight is 136 g/mol. The fraction of sp³-hybridized carbons (Fsp3) is 0.167. The smallest absolute Gasteiger partial charge is 0.408 e. The predicted molar refractivity (Wildman–Crippen MR) is 41.7 cm³/mol. The van der Waals surface area contributed by atoms with Crippen molar-refractivity contribution in [2.45, 2.75) is 6.82 Å². The maximum atomic E-state index is 8.85. The number of rotatable bonds is 2. The van der Waals surface area contributed by atoms with Crippen molar-refractivity contribution in [2.75, 3.05) is 5.23 Å². The molecular weight excluding hydrogens is 127 g/mol. The van der Waals surface area contributed by atoms with Crippen molar-refractivity contribution in [3.8, 4) is 0 Å². The van der Waals surface area contributed by atoms with E-state index in [0.29, 0.717) is 5.82 Å². The van der Waals surface area contributed by atoms with E-state index in [2.05, 4.69) is 10.2 Å². The summed E-state index contributed by atoms with van der Waals surface area (Å²) in [6, 6.07) is 5.48. The van der Waals surface area contributed by atoms with Gasteiger partial charge in [0, 0.05) is 6.20 Å². The molecule has 0 aliphatic carbocycles. The first-order valence-electron chi connectivity index (χ1n) is 3.14. The van der Waals surface area contributed by atoms with Gasteiger partial charge in [0.1, 0.15) is 5.82 Å². The van der Waals surface area contributed by atoms with Crippen molar-refractivity contribution in [1.82, 2.24) is 4.98 Å². The number of hydrogen-bond donors (Lipinski definition) is 2. The van der Waals surface area contributed by atoms with Gasteiger partial charge in [-0.3, -0.25) is 0 Å². The second-order valence-corrected chi connectivity index (χ2v) is 2.04. The molecule has 0 saturated heterocycles. The zero-order valence-corrected chi connectivity index (χ0v) is 5.78. The minimum atomic E-state index is -0.546. The lowest BCUT2D eigenvalue weighted by atomic mass is 9.89. The molecule has 3 nitrogen and oxygen atoms in total. The number of anilines is 1. The van der Waals surface area contributed by atoms with E-state index in [4.69, 9.17) is 5.02 Å². The SMILES string of the molecule is CB(O)Nc1ccccn1. The molecule has 0 saturated carbocycles. The predicted octanol–water partition coefficient (Wildman–Crippen LogP) is 0.604. The maximum absolute atomic E-state index is 8.85. The Bertz CT molecular complexity index is 190. The summed E-state index contributed by atoms with van der Waals surface area (Å²) in [6.07, 6.45) is 1.67. The van der Waals surface area contributed by atoms with Crippen LogP contribution in [0.2, 0.25) is 6.82 Å². The molecular formula is C6H9BN2O. The summed E-state index contributed by atoms with van der Waals surface area (Å²) < 4.78 is 0. The fourth-order valence-corrected chi connectivity index (χ4v) is 0.662. The molecule has 1 aromatic heterocycles. The number of nitrogens with zero attached hydrogens (tertiary/aromatic N) is 1. The van der Waals surface area contributed by atoms with Crippen molar-refractivity contribution < 1.29 is 5.02 Å². The van der Waals surface area contributed by atoms with Crippen molar-refractivity contribution >= 4 is 12.9 Å². The van der Waals surface area contributed by atoms with E-state index < -0.39 is 7.05 Å². The number of pyridine rings is 1. The molecule has 0 fully saturated rings. The minimum absolute atomic E-state index is 0.546. The Morgan fingerprint density at radius 3 is 2.90 bits per heavy atom. The van der Waals surface area contributed by atoms with Crippen LogP contribution in [0, 0.1) is 0 Å². The van der Waals surface area contributed by atoms with Crippen molar-refractivity contribution in [2.24, 2.45) is 0 Å². The molecule has 0 aliphatic rings. The van der Waals surface area contributed by atoms with Crippen LogP contribution in [0.1, 0.15) is 0 Å². The third-order valence-electron chi connectivity index (χ3n) is 1.02. The summed E-state index contributed by atoms with van der Waals surface area (Å²) in [6.45, 7) is 1.65. The molecule has 0 atom stereocenters. The Morgan fingerprint density at radius 1 is 1.60 bits per heavy atom. The molecule has 0 bridgehead atoms. The van der Waals surface area contributed by atoms with E-state index in [9.17, 15) is 0 Å². The Hall–Kier alpha value is -1.03. The quantitative estimate of drug-likeness (QED) is 0.585. The Labute approximate surface area is 60.2 Å². The van der Waals surface area contributed by atoms with E-state index in [1.807, 2.05) is 12.1 Å². The topological polar surface area (TPSA) is 45.1 Å². The summed E-state index contributed by atoms with van der Waals surface area (Å²) in [5, 5.41) is 11.6. The van der Waals surface area contributed by atoms with Crippen LogP contribution >= 0.6 is 0 Å². The van der Waals surface area contributed by atoms with Crippen LogP contribution in [-0.4, -0.2) is 17.1 Å². The molecule has 1 aromatic rings. The molecule has 52 valence electrons. The highest BCUT2D eigenvalue weighted by Gasteiger charge is 2.00. The van der Waals surface area contributed by atoms with Gasteiger partial charge in [-0.2, -0.15) is 0 Å². The van der Waals surface area contributed by atoms with E-state index in [1.54, 1.807) is 19.1 Å². The Morgan fingerprint density at radius 2 is 2.40 bits per heavy atom. The molecule has 1 rings (SSSR count). The van der Waals surface area contributed by atoms with Gasteiger partial charge in [0.2, 0.25) is 0 Å². The van der Waals surface area contributed by atoms with E-state index in [1.165, 1.54) is 0 Å². The van der Waals surface area contributed by atoms with Gasteiger partial charge in [-0.15, -0.1) is 0 Å². The highest BCUT2D eigenvalue weighted by atomic mass is 16.2. The maximum Gasteiger partial charge on any atom is 0.408 e. The molecule has 0 spiro atoms. The van der Waals surface area contributed by atoms with Gasteiger partial charge < -0.3 is 10.3 Å². The monoisotopic (exact) mass is 136 g/mol. The van der Waals surface area contributed by atoms with Crippen LogP contribution in [0.3, 0.4) is 0 Å². The minimum Gasteiger partial charge on any atom is -0.433 e. The van der Waals surface area contributed by atoms with Crippen molar-refractivity contribution in [1.29, 1.82) is 0 Å². The first-order chi connectivity index (χ1) is 4.79. The zero-order chi connectivity index (χ0) is 7.40. The van der Waals surface area contributed by atoms with Gasteiger partial charge >= 0.3 is 7.05 Å². The van der Waals surface area contributed by atoms with Gasteiger partial charge in [0.25, 0.3) is 0 Å². The third kappa shape index (κ3) is 2.07. The van der Waals surface area contributed by atoms with Gasteiger partial charge in [-0.1, -0.05) is 6.07 Å². The Kier molecular flexibility index (Phi) is 2.28. The van der Waals surface area contributed by atoms with Gasteiger partial charge in [0.15, 0.2) is 0 Å². The van der Waals surface area contributed by atoms with Crippen molar-refractivity contribution in [3.63, 3.8) is 0 Å². The molecule has 0 amide bonds. The summed E-state index contributed by atoms with van der Waals surface area (Å²) >= 11 is 0. The second kappa shape index (κ2) is 3.22. The number of nitrogens with one attached hydrogen (secondary N) is 1. The lowest BCUT2D eigenvalue weighted by Crippen LogP contribution is -2.19. The van der Waals surface area contributed by atoms with Gasteiger partial charge in [-0.25, -0.2) is 4.98 Å². The molecule has 0 unspecified atom stereocenters. The largest absolute Gasteiger partial charge is 0.433 e. The first-order valence-corrected chi connectivity index (χ1v) is 3.14. The molecule has 10 heavy (non-hydrogen) atoms. The van der Waals surface area contributed by atoms with Crippen LogP contribution in [0.25, 0.3) is 0 Å². The van der Waals surface area contributed by atoms with E-state index in [-0.39, 0.29) is 0 Å². The zero-order valence-electron chi connectivity index (χ0n) is 5.78. The number of aromatic nitrogens is 1. The van der Waals surface area contributed by atoms with Gasteiger partial charge in [0.05, 0.1) is 0 Å². The first kappa shape index (κ1) is 7.09. The lowest BCUT2D eigenvalue weighted by Gasteiger charge is -2.02. The molecule has 0 radical (unpaired) electrons. The lowest BCUT2D eigenvalue weighted by molar-refractivity contribution is 0.586. The van der Waals surface area contributed by atoms with Crippen LogP contribution in [0.5, 0.6) is 0 Å². The van der Waals surface area contributed by atoms with Crippen LogP contribution in [0.15, 0.2) is 24.4 Å². The number of hydrogen-bond acceptors (Lipinski definition) is 3. The standard InChI is InChI=1S/C6H9BN2O/c1-7(10)9-6-4-2-3-5-8-6/h2-5,10H,1H3,(H,8,9). The molecule has 4 heteroatoms. The van der Waals surface area contributed by atoms with E-state index >= 15 is 0 Å². The highest BCUT2D eigenvalue weighted by molar-refractivity contribution is 6.52. The summed E-state index contributed by atoms with van der Waals surface area (Å²) in [5.41, 5.74) is 0. The van der Waals surface area contributed by atoms with Crippen LogP contribution in [-0.2, 0) is 0 Å². The second-order valence-electron chi connectivity index (χ2n) is 2.04. The van der Waals surface area contributed by atoms with Crippen LogP contribution < -0.4 is 5.23 Å². The molecule has 0 aromatic carbocycles. The normalized spacial score (nSPS) is 9.00. The van der Waals surface area contributed by atoms with Crippen LogP contribution in [0.4, 0.5) is 5.82 Å². The molecule has 1 heterocycles. The fourth-order valence-electron chi connectivity index (χ4n) is 0.662.